The fraction of sp³-hybridized carbons (Fsp3) is 0.688. The summed E-state index contributed by atoms with van der Waals surface area (Å²) in [5.74, 6) is 0. The number of aldehydes is 1. The molecule has 0 heterocycles. The van der Waals surface area contributed by atoms with Crippen LogP contribution in [0.2, 0.25) is 18.1 Å². The minimum absolute atomic E-state index is 0.146. The van der Waals surface area contributed by atoms with Gasteiger partial charge in [-0.05, 0) is 48.5 Å². The Hall–Kier alpha value is -0.673. The highest BCUT2D eigenvalue weighted by Gasteiger charge is 2.40. The van der Waals surface area contributed by atoms with Crippen molar-refractivity contribution in [3.05, 3.63) is 23.8 Å². The third-order valence-electron chi connectivity index (χ3n) is 4.42. The van der Waals surface area contributed by atoms with Crippen LogP contribution < -0.4 is 0 Å². The van der Waals surface area contributed by atoms with Gasteiger partial charge < -0.3 is 9.22 Å². The molecule has 0 N–H and O–H groups in total. The first-order chi connectivity index (χ1) is 8.69. The highest BCUT2D eigenvalue weighted by Crippen LogP contribution is 2.40. The maximum Gasteiger partial charge on any atom is 0.192 e. The lowest BCUT2D eigenvalue weighted by molar-refractivity contribution is -0.107. The maximum atomic E-state index is 10.5. The van der Waals surface area contributed by atoms with Crippen molar-refractivity contribution in [3.8, 4) is 0 Å². The van der Waals surface area contributed by atoms with Crippen LogP contribution in [0.4, 0.5) is 0 Å². The summed E-state index contributed by atoms with van der Waals surface area (Å²) >= 11 is 0. The van der Waals surface area contributed by atoms with Gasteiger partial charge in [-0.2, -0.15) is 0 Å². The van der Waals surface area contributed by atoms with Crippen molar-refractivity contribution in [1.29, 1.82) is 0 Å². The van der Waals surface area contributed by atoms with E-state index in [-0.39, 0.29) is 11.1 Å². The standard InChI is InChI=1S/C16H28O2Si/c1-13-14(10-8-12-17)9-7-11-15(13)18-19(5,6)16(2,3)4/h10,12,15H,1,7-9,11H2,2-6H3/b14-10-/t15-/m0/s1. The van der Waals surface area contributed by atoms with Gasteiger partial charge in [-0.1, -0.05) is 33.4 Å². The highest BCUT2D eigenvalue weighted by atomic mass is 28.4. The van der Waals surface area contributed by atoms with Gasteiger partial charge in [0.2, 0.25) is 0 Å². The van der Waals surface area contributed by atoms with Crippen molar-refractivity contribution >= 4 is 14.6 Å². The summed E-state index contributed by atoms with van der Waals surface area (Å²) in [6, 6.07) is 0. The molecule has 0 radical (unpaired) electrons. The number of carbonyl (C=O) groups excluding carboxylic acids is 1. The average molecular weight is 280 g/mol. The monoisotopic (exact) mass is 280 g/mol. The van der Waals surface area contributed by atoms with Crippen LogP contribution in [0, 0.1) is 0 Å². The van der Waals surface area contributed by atoms with E-state index in [4.69, 9.17) is 4.43 Å². The molecule has 1 atom stereocenters. The molecule has 1 fully saturated rings. The first kappa shape index (κ1) is 16.4. The molecule has 0 amide bonds. The van der Waals surface area contributed by atoms with Crippen molar-refractivity contribution in [1.82, 2.24) is 0 Å². The van der Waals surface area contributed by atoms with Gasteiger partial charge in [-0.3, -0.25) is 0 Å². The minimum atomic E-state index is -1.75. The van der Waals surface area contributed by atoms with Gasteiger partial charge in [-0.25, -0.2) is 0 Å². The lowest BCUT2D eigenvalue weighted by Gasteiger charge is -2.41. The zero-order chi connectivity index (χ0) is 14.7. The largest absolute Gasteiger partial charge is 0.410 e. The second-order valence-electron chi connectivity index (χ2n) is 6.92. The zero-order valence-electron chi connectivity index (χ0n) is 13.1. The molecule has 0 unspecified atom stereocenters. The molecular formula is C16H28O2Si. The molecule has 0 aromatic heterocycles. The third-order valence-corrected chi connectivity index (χ3v) is 8.90. The molecule has 0 saturated heterocycles. The molecule has 2 nitrogen and oxygen atoms in total. The van der Waals surface area contributed by atoms with E-state index < -0.39 is 8.32 Å². The van der Waals surface area contributed by atoms with Gasteiger partial charge in [0.15, 0.2) is 8.32 Å². The molecule has 1 aliphatic rings. The van der Waals surface area contributed by atoms with E-state index in [0.717, 1.165) is 31.1 Å². The predicted octanol–water partition coefficient (Wildman–Crippen LogP) is 4.63. The van der Waals surface area contributed by atoms with E-state index in [1.807, 2.05) is 6.08 Å². The first-order valence-electron chi connectivity index (χ1n) is 7.18. The van der Waals surface area contributed by atoms with Crippen molar-refractivity contribution in [2.45, 2.75) is 70.7 Å². The van der Waals surface area contributed by atoms with E-state index in [9.17, 15) is 4.79 Å². The molecule has 0 aliphatic heterocycles. The van der Waals surface area contributed by atoms with E-state index in [2.05, 4.69) is 40.4 Å². The van der Waals surface area contributed by atoms with Gasteiger partial charge in [0, 0.05) is 6.42 Å². The third kappa shape index (κ3) is 4.15. The molecule has 0 spiro atoms. The molecule has 1 rings (SSSR count). The minimum Gasteiger partial charge on any atom is -0.410 e. The lowest BCUT2D eigenvalue weighted by Crippen LogP contribution is -2.45. The summed E-state index contributed by atoms with van der Waals surface area (Å²) in [6.45, 7) is 15.5. The van der Waals surface area contributed by atoms with E-state index >= 15 is 0 Å². The molecular weight excluding hydrogens is 252 g/mol. The van der Waals surface area contributed by atoms with Crippen molar-refractivity contribution in [3.63, 3.8) is 0 Å². The van der Waals surface area contributed by atoms with Crippen LogP contribution in [0.5, 0.6) is 0 Å². The van der Waals surface area contributed by atoms with Crippen molar-refractivity contribution < 1.29 is 9.22 Å². The molecule has 108 valence electrons. The quantitative estimate of drug-likeness (QED) is 0.554. The van der Waals surface area contributed by atoms with Gasteiger partial charge in [0.05, 0.1) is 6.10 Å². The Kier molecular flexibility index (Phi) is 5.33. The molecule has 3 heteroatoms. The van der Waals surface area contributed by atoms with E-state index in [1.54, 1.807) is 0 Å². The molecule has 0 bridgehead atoms. The Morgan fingerprint density at radius 3 is 2.58 bits per heavy atom. The summed E-state index contributed by atoms with van der Waals surface area (Å²) in [5, 5.41) is 0.220. The maximum absolute atomic E-state index is 10.5. The summed E-state index contributed by atoms with van der Waals surface area (Å²) in [6.07, 6.45) is 6.81. The Morgan fingerprint density at radius 1 is 1.42 bits per heavy atom. The molecule has 0 aromatic rings. The van der Waals surface area contributed by atoms with Crippen molar-refractivity contribution in [2.75, 3.05) is 0 Å². The summed E-state index contributed by atoms with van der Waals surface area (Å²) in [5.41, 5.74) is 2.32. The van der Waals surface area contributed by atoms with Crippen LogP contribution in [0.25, 0.3) is 0 Å². The summed E-state index contributed by atoms with van der Waals surface area (Å²) in [7, 11) is -1.75. The van der Waals surface area contributed by atoms with Crippen LogP contribution in [0.15, 0.2) is 23.8 Å². The van der Waals surface area contributed by atoms with Crippen LogP contribution >= 0.6 is 0 Å². The number of hydrogen-bond donors (Lipinski definition) is 0. The van der Waals surface area contributed by atoms with Crippen LogP contribution in [0.1, 0.15) is 46.5 Å². The molecule has 1 saturated carbocycles. The number of carbonyl (C=O) groups is 1. The highest BCUT2D eigenvalue weighted by molar-refractivity contribution is 6.74. The predicted molar refractivity (Wildman–Crippen MR) is 83.8 cm³/mol. The number of allylic oxidation sites excluding steroid dienone is 1. The Balaban J connectivity index is 2.79. The van der Waals surface area contributed by atoms with E-state index in [0.29, 0.717) is 6.42 Å². The summed E-state index contributed by atoms with van der Waals surface area (Å²) in [4.78, 5) is 10.5. The van der Waals surface area contributed by atoms with Crippen molar-refractivity contribution in [2.24, 2.45) is 0 Å². The van der Waals surface area contributed by atoms with Crippen LogP contribution in [0.3, 0.4) is 0 Å². The van der Waals surface area contributed by atoms with E-state index in [1.165, 1.54) is 5.57 Å². The fourth-order valence-electron chi connectivity index (χ4n) is 2.11. The Bertz CT molecular complexity index is 375. The fourth-order valence-corrected chi connectivity index (χ4v) is 3.43. The normalized spacial score (nSPS) is 23.7. The Morgan fingerprint density at radius 2 is 2.05 bits per heavy atom. The SMILES string of the molecule is C=C1/C(=C\CC=O)CCC[C@@H]1O[Si](C)(C)C(C)(C)C. The van der Waals surface area contributed by atoms with Gasteiger partial charge in [0.1, 0.15) is 6.29 Å². The molecule has 19 heavy (non-hydrogen) atoms. The van der Waals surface area contributed by atoms with Crippen LogP contribution in [-0.4, -0.2) is 20.7 Å². The second kappa shape index (κ2) is 6.19. The topological polar surface area (TPSA) is 26.3 Å². The smallest absolute Gasteiger partial charge is 0.192 e. The zero-order valence-corrected chi connectivity index (χ0v) is 14.1. The molecule has 1 aliphatic carbocycles. The second-order valence-corrected chi connectivity index (χ2v) is 11.7. The number of rotatable bonds is 4. The van der Waals surface area contributed by atoms with Gasteiger partial charge >= 0.3 is 0 Å². The van der Waals surface area contributed by atoms with Gasteiger partial charge in [-0.15, -0.1) is 0 Å². The Labute approximate surface area is 119 Å². The molecule has 0 aromatic carbocycles. The summed E-state index contributed by atoms with van der Waals surface area (Å²) < 4.78 is 6.48. The number of hydrogen-bond acceptors (Lipinski definition) is 2. The average Bonchev–Trinajstić information content (AvgIpc) is 2.28. The lowest BCUT2D eigenvalue weighted by atomic mass is 9.88. The van der Waals surface area contributed by atoms with Gasteiger partial charge in [0.25, 0.3) is 0 Å². The first-order valence-corrected chi connectivity index (χ1v) is 10.1. The van der Waals surface area contributed by atoms with Crippen LogP contribution in [-0.2, 0) is 9.22 Å².